The molecule has 0 fully saturated rings. The predicted octanol–water partition coefficient (Wildman–Crippen LogP) is 14.4. The minimum absolute atomic E-state index is 1.10. The summed E-state index contributed by atoms with van der Waals surface area (Å²) in [6, 6.07) is 78.8. The molecule has 0 bridgehead atoms. The first kappa shape index (κ1) is 31.6. The molecule has 0 aliphatic heterocycles. The van der Waals surface area contributed by atoms with Crippen molar-refractivity contribution in [2.24, 2.45) is 0 Å². The van der Waals surface area contributed by atoms with Crippen LogP contribution in [0.25, 0.3) is 71.6 Å². The van der Waals surface area contributed by atoms with Gasteiger partial charge in [-0.1, -0.05) is 170 Å². The highest BCUT2D eigenvalue weighted by atomic mass is 15.1. The number of nitrogens with zero attached hydrogens (tertiary/aromatic N) is 2. The molecular formula is C52H36N2. The summed E-state index contributed by atoms with van der Waals surface area (Å²) in [5.41, 5.74) is 14.1. The lowest BCUT2D eigenvalue weighted by molar-refractivity contribution is 1.18. The van der Waals surface area contributed by atoms with Crippen molar-refractivity contribution >= 4 is 49.6 Å². The molecule has 1 aromatic heterocycles. The zero-order valence-corrected chi connectivity index (χ0v) is 29.7. The zero-order chi connectivity index (χ0) is 35.8. The van der Waals surface area contributed by atoms with Crippen LogP contribution in [0.3, 0.4) is 0 Å². The number of benzene rings is 9. The van der Waals surface area contributed by atoms with Crippen molar-refractivity contribution in [3.63, 3.8) is 0 Å². The standard InChI is InChI=1S/C52H36N2/c1-3-18-37(19-4-1)42-26-9-10-28-44(42)39-22-15-25-41(36-39)53(40-23-5-2-6-24-40)50-34-17-35-51-52(50)47-30-12-14-33-49(47)54(51)48-32-13-11-29-46(48)45-31-16-21-38-20-7-8-27-43(38)45/h1-36H. The fourth-order valence-corrected chi connectivity index (χ4v) is 8.22. The van der Waals surface area contributed by atoms with E-state index < -0.39 is 0 Å². The number of hydrogen-bond acceptors (Lipinski definition) is 1. The smallest absolute Gasteiger partial charge is 0.0562 e. The summed E-state index contributed by atoms with van der Waals surface area (Å²) in [6.45, 7) is 0. The van der Waals surface area contributed by atoms with Gasteiger partial charge in [-0.2, -0.15) is 0 Å². The Morgan fingerprint density at radius 1 is 0.333 bits per heavy atom. The van der Waals surface area contributed by atoms with Crippen molar-refractivity contribution in [3.05, 3.63) is 218 Å². The van der Waals surface area contributed by atoms with Crippen molar-refractivity contribution in [2.75, 3.05) is 4.90 Å². The zero-order valence-electron chi connectivity index (χ0n) is 29.7. The Kier molecular flexibility index (Phi) is 7.85. The van der Waals surface area contributed by atoms with E-state index in [1.54, 1.807) is 0 Å². The van der Waals surface area contributed by atoms with Gasteiger partial charge in [-0.05, 0) is 87.1 Å². The number of fused-ring (bicyclic) bond motifs is 4. The fourth-order valence-electron chi connectivity index (χ4n) is 8.22. The number of para-hydroxylation sites is 3. The van der Waals surface area contributed by atoms with Crippen LogP contribution in [-0.4, -0.2) is 4.57 Å². The minimum Gasteiger partial charge on any atom is -0.310 e. The molecule has 0 N–H and O–H groups in total. The lowest BCUT2D eigenvalue weighted by atomic mass is 9.94. The molecule has 10 aromatic rings. The van der Waals surface area contributed by atoms with Gasteiger partial charge in [0.15, 0.2) is 0 Å². The number of rotatable bonds is 7. The molecule has 0 aliphatic carbocycles. The second-order valence-corrected chi connectivity index (χ2v) is 13.7. The van der Waals surface area contributed by atoms with E-state index in [1.807, 2.05) is 0 Å². The van der Waals surface area contributed by atoms with E-state index in [4.69, 9.17) is 0 Å². The third kappa shape index (κ3) is 5.36. The Morgan fingerprint density at radius 3 is 1.70 bits per heavy atom. The molecule has 0 amide bonds. The quantitative estimate of drug-likeness (QED) is 0.162. The maximum absolute atomic E-state index is 2.46. The van der Waals surface area contributed by atoms with E-state index in [-0.39, 0.29) is 0 Å². The summed E-state index contributed by atoms with van der Waals surface area (Å²) in [5, 5.41) is 4.90. The van der Waals surface area contributed by atoms with E-state index in [0.29, 0.717) is 0 Å². The summed E-state index contributed by atoms with van der Waals surface area (Å²) in [4.78, 5) is 2.42. The maximum Gasteiger partial charge on any atom is 0.0562 e. The second kappa shape index (κ2) is 13.4. The van der Waals surface area contributed by atoms with Crippen molar-refractivity contribution in [1.82, 2.24) is 4.57 Å². The molecule has 9 aromatic carbocycles. The SMILES string of the molecule is c1ccc(-c2ccccc2-c2cccc(N(c3ccccc3)c3cccc4c3c3ccccc3n4-c3ccccc3-c3cccc4ccccc34)c2)cc1. The highest BCUT2D eigenvalue weighted by molar-refractivity contribution is 6.17. The van der Waals surface area contributed by atoms with Gasteiger partial charge >= 0.3 is 0 Å². The van der Waals surface area contributed by atoms with Crippen LogP contribution in [-0.2, 0) is 0 Å². The van der Waals surface area contributed by atoms with Crippen LogP contribution in [0.4, 0.5) is 17.1 Å². The van der Waals surface area contributed by atoms with Crippen LogP contribution in [0.1, 0.15) is 0 Å². The van der Waals surface area contributed by atoms with Crippen molar-refractivity contribution < 1.29 is 0 Å². The molecule has 0 unspecified atom stereocenters. The largest absolute Gasteiger partial charge is 0.310 e. The summed E-state index contributed by atoms with van der Waals surface area (Å²) in [5.74, 6) is 0. The van der Waals surface area contributed by atoms with Gasteiger partial charge in [0, 0.05) is 27.7 Å². The van der Waals surface area contributed by atoms with Crippen LogP contribution >= 0.6 is 0 Å². The van der Waals surface area contributed by atoms with Gasteiger partial charge in [0.25, 0.3) is 0 Å². The average Bonchev–Trinajstić information content (AvgIpc) is 3.59. The van der Waals surface area contributed by atoms with Crippen LogP contribution in [0.2, 0.25) is 0 Å². The van der Waals surface area contributed by atoms with Crippen molar-refractivity contribution in [1.29, 1.82) is 0 Å². The minimum atomic E-state index is 1.10. The van der Waals surface area contributed by atoms with E-state index >= 15 is 0 Å². The first-order valence-corrected chi connectivity index (χ1v) is 18.5. The van der Waals surface area contributed by atoms with Crippen molar-refractivity contribution in [2.45, 2.75) is 0 Å². The molecule has 2 nitrogen and oxygen atoms in total. The van der Waals surface area contributed by atoms with E-state index in [1.165, 1.54) is 60.4 Å². The maximum atomic E-state index is 2.46. The molecule has 2 heteroatoms. The molecule has 0 radical (unpaired) electrons. The van der Waals surface area contributed by atoms with Crippen LogP contribution in [0, 0.1) is 0 Å². The van der Waals surface area contributed by atoms with E-state index in [0.717, 1.165) is 28.3 Å². The van der Waals surface area contributed by atoms with Gasteiger partial charge in [0.1, 0.15) is 0 Å². The molecular weight excluding hydrogens is 653 g/mol. The van der Waals surface area contributed by atoms with Gasteiger partial charge in [0.05, 0.1) is 22.4 Å². The summed E-state index contributed by atoms with van der Waals surface area (Å²) in [7, 11) is 0. The lowest BCUT2D eigenvalue weighted by Crippen LogP contribution is -2.10. The Hall–Kier alpha value is -7.16. The number of aromatic nitrogens is 1. The molecule has 0 spiro atoms. The number of hydrogen-bond donors (Lipinski definition) is 0. The molecule has 0 saturated carbocycles. The Balaban J connectivity index is 1.21. The second-order valence-electron chi connectivity index (χ2n) is 13.7. The Bertz CT molecular complexity index is 2930. The van der Waals surface area contributed by atoms with Gasteiger partial charge in [-0.3, -0.25) is 0 Å². The van der Waals surface area contributed by atoms with Crippen LogP contribution in [0.15, 0.2) is 218 Å². The predicted molar refractivity (Wildman–Crippen MR) is 229 cm³/mol. The van der Waals surface area contributed by atoms with Gasteiger partial charge in [-0.25, -0.2) is 0 Å². The van der Waals surface area contributed by atoms with Gasteiger partial charge < -0.3 is 9.47 Å². The van der Waals surface area contributed by atoms with Gasteiger partial charge in [0.2, 0.25) is 0 Å². The lowest BCUT2D eigenvalue weighted by Gasteiger charge is -2.27. The fraction of sp³-hybridized carbons (Fsp3) is 0. The normalized spacial score (nSPS) is 11.3. The van der Waals surface area contributed by atoms with E-state index in [2.05, 4.69) is 228 Å². The average molecular weight is 689 g/mol. The summed E-state index contributed by atoms with van der Waals surface area (Å²) >= 11 is 0. The van der Waals surface area contributed by atoms with Crippen LogP contribution < -0.4 is 4.90 Å². The molecule has 54 heavy (non-hydrogen) atoms. The first-order chi connectivity index (χ1) is 26.8. The molecule has 0 aliphatic rings. The molecule has 254 valence electrons. The highest BCUT2D eigenvalue weighted by Crippen LogP contribution is 2.46. The third-order valence-corrected chi connectivity index (χ3v) is 10.6. The molecule has 1 heterocycles. The summed E-state index contributed by atoms with van der Waals surface area (Å²) in [6.07, 6.45) is 0. The third-order valence-electron chi connectivity index (χ3n) is 10.6. The topological polar surface area (TPSA) is 8.17 Å². The monoisotopic (exact) mass is 688 g/mol. The summed E-state index contributed by atoms with van der Waals surface area (Å²) < 4.78 is 2.46. The molecule has 10 rings (SSSR count). The Labute approximate surface area is 315 Å². The molecule has 0 atom stereocenters. The Morgan fingerprint density at radius 2 is 0.870 bits per heavy atom. The first-order valence-electron chi connectivity index (χ1n) is 18.5. The van der Waals surface area contributed by atoms with Gasteiger partial charge in [-0.15, -0.1) is 0 Å². The molecule has 0 saturated heterocycles. The highest BCUT2D eigenvalue weighted by Gasteiger charge is 2.22. The number of anilines is 3. The van der Waals surface area contributed by atoms with Crippen molar-refractivity contribution in [3.8, 4) is 39.1 Å². The van der Waals surface area contributed by atoms with Crippen LogP contribution in [0.5, 0.6) is 0 Å². The van der Waals surface area contributed by atoms with E-state index in [9.17, 15) is 0 Å².